The molecule has 0 aromatic heterocycles. The first-order chi connectivity index (χ1) is 17.2. The van der Waals surface area contributed by atoms with Gasteiger partial charge in [-0.25, -0.2) is 4.79 Å². The van der Waals surface area contributed by atoms with Gasteiger partial charge in [0.25, 0.3) is 0 Å². The molecule has 5 nitrogen and oxygen atoms in total. The van der Waals surface area contributed by atoms with Crippen LogP contribution in [0.1, 0.15) is 74.8 Å². The third kappa shape index (κ3) is 6.19. The predicted octanol–water partition coefficient (Wildman–Crippen LogP) is 5.89. The maximum atomic E-state index is 13.3. The second-order valence-corrected chi connectivity index (χ2v) is 11.0. The van der Waals surface area contributed by atoms with Gasteiger partial charge in [0.05, 0.1) is 0 Å². The van der Waals surface area contributed by atoms with Gasteiger partial charge in [0.15, 0.2) is 0 Å². The van der Waals surface area contributed by atoms with Crippen molar-refractivity contribution in [2.75, 3.05) is 19.6 Å². The molecule has 1 aliphatic carbocycles. The van der Waals surface area contributed by atoms with Crippen molar-refractivity contribution >= 4 is 6.03 Å². The van der Waals surface area contributed by atoms with E-state index in [1.807, 2.05) is 30.3 Å². The molecule has 3 aliphatic rings. The van der Waals surface area contributed by atoms with Crippen molar-refractivity contribution in [3.05, 3.63) is 65.7 Å². The van der Waals surface area contributed by atoms with Crippen LogP contribution in [0.4, 0.5) is 4.79 Å². The minimum absolute atomic E-state index is 0.0846. The van der Waals surface area contributed by atoms with E-state index in [0.29, 0.717) is 36.2 Å². The molecule has 35 heavy (non-hydrogen) atoms. The predicted molar refractivity (Wildman–Crippen MR) is 140 cm³/mol. The van der Waals surface area contributed by atoms with E-state index in [-0.39, 0.29) is 6.03 Å². The Balaban J connectivity index is 1.19. The standard InChI is InChI=1S/C30H41N3O2/c34-29-13-7-12-25(20-29)26-18-27-14-15-28(19-26)33(27)17-16-32(22-24-10-5-2-6-11-24)30(35)31-21-23-8-3-1-4-9-23/h1,3-4,7-9,12-13,20,24,26-28,34H,2,5-6,10-11,14-19,21-22H2,(H,31,35)/t26-,27+,28-. The number of urea groups is 1. The summed E-state index contributed by atoms with van der Waals surface area (Å²) in [6.07, 6.45) is 11.3. The molecular weight excluding hydrogens is 434 g/mol. The van der Waals surface area contributed by atoms with Gasteiger partial charge in [-0.05, 0) is 73.6 Å². The number of rotatable bonds is 8. The molecule has 2 aromatic rings. The van der Waals surface area contributed by atoms with Crippen LogP contribution in [0, 0.1) is 5.92 Å². The van der Waals surface area contributed by atoms with Crippen molar-refractivity contribution in [2.45, 2.75) is 82.3 Å². The van der Waals surface area contributed by atoms with Gasteiger partial charge in [0.1, 0.15) is 5.75 Å². The number of nitrogens with one attached hydrogen (secondary N) is 1. The number of fused-ring (bicyclic) bond motifs is 2. The van der Waals surface area contributed by atoms with Crippen LogP contribution in [-0.4, -0.2) is 52.7 Å². The molecule has 2 N–H and O–H groups in total. The summed E-state index contributed by atoms with van der Waals surface area (Å²) in [5, 5.41) is 13.1. The molecule has 5 heteroatoms. The summed E-state index contributed by atoms with van der Waals surface area (Å²) in [6, 6.07) is 19.3. The van der Waals surface area contributed by atoms with Gasteiger partial charge in [-0.2, -0.15) is 0 Å². The van der Waals surface area contributed by atoms with E-state index in [9.17, 15) is 9.90 Å². The van der Waals surface area contributed by atoms with Crippen LogP contribution in [0.5, 0.6) is 5.75 Å². The molecule has 3 atom stereocenters. The first kappa shape index (κ1) is 24.2. The van der Waals surface area contributed by atoms with Crippen molar-refractivity contribution in [1.29, 1.82) is 0 Å². The molecule has 2 heterocycles. The van der Waals surface area contributed by atoms with E-state index >= 15 is 0 Å². The molecular formula is C30H41N3O2. The summed E-state index contributed by atoms with van der Waals surface area (Å²) in [7, 11) is 0. The van der Waals surface area contributed by atoms with Gasteiger partial charge in [-0.15, -0.1) is 0 Å². The number of phenols is 1. The summed E-state index contributed by atoms with van der Waals surface area (Å²) >= 11 is 0. The first-order valence-corrected chi connectivity index (χ1v) is 13.8. The van der Waals surface area contributed by atoms with E-state index < -0.39 is 0 Å². The number of amides is 2. The molecule has 2 saturated heterocycles. The number of benzene rings is 2. The maximum Gasteiger partial charge on any atom is 0.317 e. The van der Waals surface area contributed by atoms with Crippen LogP contribution in [0.15, 0.2) is 54.6 Å². The van der Waals surface area contributed by atoms with Crippen LogP contribution >= 0.6 is 0 Å². The zero-order chi connectivity index (χ0) is 24.0. The molecule has 0 spiro atoms. The van der Waals surface area contributed by atoms with Gasteiger partial charge >= 0.3 is 6.03 Å². The summed E-state index contributed by atoms with van der Waals surface area (Å²) in [5.41, 5.74) is 2.42. The number of piperidine rings is 1. The average Bonchev–Trinajstić information content (AvgIpc) is 3.12. The summed E-state index contributed by atoms with van der Waals surface area (Å²) in [6.45, 7) is 3.24. The Morgan fingerprint density at radius 2 is 1.69 bits per heavy atom. The number of aromatic hydroxyl groups is 1. The third-order valence-corrected chi connectivity index (χ3v) is 8.63. The Morgan fingerprint density at radius 3 is 2.40 bits per heavy atom. The summed E-state index contributed by atoms with van der Waals surface area (Å²) < 4.78 is 0. The van der Waals surface area contributed by atoms with Gasteiger partial charge in [0.2, 0.25) is 0 Å². The normalized spacial score (nSPS) is 24.9. The smallest absolute Gasteiger partial charge is 0.317 e. The Kier molecular flexibility index (Phi) is 7.92. The van der Waals surface area contributed by atoms with E-state index in [1.54, 1.807) is 6.07 Å². The van der Waals surface area contributed by atoms with Crippen molar-refractivity contribution in [1.82, 2.24) is 15.1 Å². The van der Waals surface area contributed by atoms with Crippen molar-refractivity contribution in [2.24, 2.45) is 5.92 Å². The Morgan fingerprint density at radius 1 is 0.943 bits per heavy atom. The molecule has 188 valence electrons. The molecule has 2 amide bonds. The van der Waals surface area contributed by atoms with Gasteiger partial charge in [-0.3, -0.25) is 4.90 Å². The van der Waals surface area contributed by atoms with E-state index in [4.69, 9.17) is 0 Å². The third-order valence-electron chi connectivity index (χ3n) is 8.63. The van der Waals surface area contributed by atoms with Crippen LogP contribution in [0.25, 0.3) is 0 Å². The number of hydrogen-bond acceptors (Lipinski definition) is 3. The number of carbonyl (C=O) groups excluding carboxylic acids is 1. The summed E-state index contributed by atoms with van der Waals surface area (Å²) in [5.74, 6) is 1.54. The second kappa shape index (κ2) is 11.5. The van der Waals surface area contributed by atoms with E-state index in [2.05, 4.69) is 33.3 Å². The minimum Gasteiger partial charge on any atom is -0.508 e. The lowest BCUT2D eigenvalue weighted by molar-refractivity contribution is 0.106. The van der Waals surface area contributed by atoms with Gasteiger partial charge < -0.3 is 15.3 Å². The molecule has 2 aliphatic heterocycles. The summed E-state index contributed by atoms with van der Waals surface area (Å²) in [4.78, 5) is 18.1. The van der Waals surface area contributed by atoms with Crippen molar-refractivity contribution in [3.8, 4) is 5.75 Å². The van der Waals surface area contributed by atoms with E-state index in [0.717, 1.165) is 38.0 Å². The highest BCUT2D eigenvalue weighted by atomic mass is 16.3. The highest BCUT2D eigenvalue weighted by molar-refractivity contribution is 5.74. The minimum atomic E-state index is 0.0846. The second-order valence-electron chi connectivity index (χ2n) is 11.0. The number of carbonyl (C=O) groups is 1. The molecule has 2 aromatic carbocycles. The molecule has 0 radical (unpaired) electrons. The number of nitrogens with zero attached hydrogens (tertiary/aromatic N) is 2. The van der Waals surface area contributed by atoms with Crippen LogP contribution in [0.2, 0.25) is 0 Å². The van der Waals surface area contributed by atoms with E-state index in [1.165, 1.54) is 50.5 Å². The van der Waals surface area contributed by atoms with Gasteiger partial charge in [0, 0.05) is 38.3 Å². The number of hydrogen-bond donors (Lipinski definition) is 2. The fourth-order valence-corrected chi connectivity index (χ4v) is 6.77. The molecule has 5 rings (SSSR count). The highest BCUT2D eigenvalue weighted by Gasteiger charge is 2.41. The zero-order valence-electron chi connectivity index (χ0n) is 20.9. The maximum absolute atomic E-state index is 13.3. The molecule has 1 saturated carbocycles. The lowest BCUT2D eigenvalue weighted by Crippen LogP contribution is -2.49. The van der Waals surface area contributed by atoms with Gasteiger partial charge in [-0.1, -0.05) is 61.7 Å². The van der Waals surface area contributed by atoms with Crippen LogP contribution in [-0.2, 0) is 6.54 Å². The molecule has 0 unspecified atom stereocenters. The Labute approximate surface area is 210 Å². The lowest BCUT2D eigenvalue weighted by Gasteiger charge is -2.40. The Bertz CT molecular complexity index is 945. The fraction of sp³-hybridized carbons (Fsp3) is 0.567. The SMILES string of the molecule is O=C(NCc1ccccc1)N(CCN1[C@@H]2CC[C@H]1C[C@@H](c1cccc(O)c1)C2)CC1CCCCC1. The Hall–Kier alpha value is -2.53. The van der Waals surface area contributed by atoms with Crippen molar-refractivity contribution < 1.29 is 9.90 Å². The monoisotopic (exact) mass is 475 g/mol. The highest BCUT2D eigenvalue weighted by Crippen LogP contribution is 2.43. The molecule has 2 bridgehead atoms. The first-order valence-electron chi connectivity index (χ1n) is 13.8. The largest absolute Gasteiger partial charge is 0.508 e. The number of phenolic OH excluding ortho intramolecular Hbond substituents is 1. The topological polar surface area (TPSA) is 55.8 Å². The average molecular weight is 476 g/mol. The fourth-order valence-electron chi connectivity index (χ4n) is 6.77. The quantitative estimate of drug-likeness (QED) is 0.500. The lowest BCUT2D eigenvalue weighted by atomic mass is 9.85. The van der Waals surface area contributed by atoms with Crippen molar-refractivity contribution in [3.63, 3.8) is 0 Å². The van der Waals surface area contributed by atoms with Crippen LogP contribution in [0.3, 0.4) is 0 Å². The zero-order valence-corrected chi connectivity index (χ0v) is 20.9. The molecule has 3 fully saturated rings. The van der Waals surface area contributed by atoms with Crippen LogP contribution < -0.4 is 5.32 Å².